The van der Waals surface area contributed by atoms with E-state index in [-0.39, 0.29) is 11.7 Å². The van der Waals surface area contributed by atoms with E-state index in [2.05, 4.69) is 0 Å². The van der Waals surface area contributed by atoms with Gasteiger partial charge in [-0.2, -0.15) is 0 Å². The first kappa shape index (κ1) is 15.1. The SMILES string of the molecule is CN(C)C(=O)CCCS(=O)C(C)(C)C(=O)O. The van der Waals surface area contributed by atoms with Gasteiger partial charge in [0.25, 0.3) is 0 Å². The van der Waals surface area contributed by atoms with E-state index in [9.17, 15) is 13.8 Å². The van der Waals surface area contributed by atoms with E-state index >= 15 is 0 Å². The predicted molar refractivity (Wildman–Crippen MR) is 62.7 cm³/mol. The van der Waals surface area contributed by atoms with Crippen molar-refractivity contribution in [3.05, 3.63) is 0 Å². The van der Waals surface area contributed by atoms with Crippen molar-refractivity contribution in [2.24, 2.45) is 0 Å². The molecule has 0 aromatic rings. The number of carboxylic acids is 1. The van der Waals surface area contributed by atoms with Gasteiger partial charge in [-0.15, -0.1) is 0 Å². The number of nitrogens with zero attached hydrogens (tertiary/aromatic N) is 1. The van der Waals surface area contributed by atoms with Gasteiger partial charge in [-0.1, -0.05) is 0 Å². The maximum absolute atomic E-state index is 11.7. The second-order valence-corrected chi connectivity index (χ2v) is 6.38. The fourth-order valence-electron chi connectivity index (χ4n) is 0.931. The van der Waals surface area contributed by atoms with E-state index in [1.807, 2.05) is 0 Å². The Bertz CT molecular complexity index is 299. The van der Waals surface area contributed by atoms with Crippen molar-refractivity contribution in [2.45, 2.75) is 31.4 Å². The summed E-state index contributed by atoms with van der Waals surface area (Å²) in [5.41, 5.74) is 0. The lowest BCUT2D eigenvalue weighted by atomic mass is 10.2. The topological polar surface area (TPSA) is 74.7 Å². The summed E-state index contributed by atoms with van der Waals surface area (Å²) in [4.78, 5) is 23.5. The van der Waals surface area contributed by atoms with Crippen LogP contribution in [0.5, 0.6) is 0 Å². The summed E-state index contributed by atoms with van der Waals surface area (Å²) in [5.74, 6) is -0.881. The lowest BCUT2D eigenvalue weighted by Crippen LogP contribution is -2.37. The number of hydrogen-bond acceptors (Lipinski definition) is 3. The third kappa shape index (κ3) is 4.30. The Labute approximate surface area is 98.3 Å². The standard InChI is InChI=1S/C10H19NO4S/c1-10(2,9(13)14)16(15)7-5-6-8(12)11(3)4/h5-7H2,1-4H3,(H,13,14). The molecule has 94 valence electrons. The molecule has 0 saturated carbocycles. The van der Waals surface area contributed by atoms with Gasteiger partial charge in [0.1, 0.15) is 4.75 Å². The number of carbonyl (C=O) groups is 2. The van der Waals surface area contributed by atoms with E-state index in [1.165, 1.54) is 18.7 Å². The summed E-state index contributed by atoms with van der Waals surface area (Å²) in [6.45, 7) is 2.86. The highest BCUT2D eigenvalue weighted by molar-refractivity contribution is 7.87. The van der Waals surface area contributed by atoms with Gasteiger partial charge in [0.05, 0.1) is 0 Å². The van der Waals surface area contributed by atoms with Crippen LogP contribution in [-0.4, -0.2) is 50.7 Å². The number of carboxylic acid groups (broad SMARTS) is 1. The fourth-order valence-corrected chi connectivity index (χ4v) is 2.04. The molecule has 0 aliphatic carbocycles. The largest absolute Gasteiger partial charge is 0.480 e. The molecular formula is C10H19NO4S. The normalized spacial score (nSPS) is 13.2. The predicted octanol–water partition coefficient (Wildman–Crippen LogP) is 0.467. The van der Waals surface area contributed by atoms with Gasteiger partial charge in [0.15, 0.2) is 0 Å². The zero-order valence-electron chi connectivity index (χ0n) is 10.1. The van der Waals surface area contributed by atoms with Gasteiger partial charge < -0.3 is 10.0 Å². The quantitative estimate of drug-likeness (QED) is 0.742. The molecule has 0 aromatic heterocycles. The smallest absolute Gasteiger partial charge is 0.321 e. The first-order valence-corrected chi connectivity index (χ1v) is 6.33. The van der Waals surface area contributed by atoms with Crippen molar-refractivity contribution < 1.29 is 18.9 Å². The molecule has 0 radical (unpaired) electrons. The van der Waals surface area contributed by atoms with Crippen molar-refractivity contribution in [3.8, 4) is 0 Å². The van der Waals surface area contributed by atoms with Crippen LogP contribution in [0.4, 0.5) is 0 Å². The fraction of sp³-hybridized carbons (Fsp3) is 0.800. The van der Waals surface area contributed by atoms with Crippen molar-refractivity contribution in [1.82, 2.24) is 4.90 Å². The van der Waals surface area contributed by atoms with Gasteiger partial charge in [-0.25, -0.2) is 0 Å². The highest BCUT2D eigenvalue weighted by Crippen LogP contribution is 2.14. The maximum Gasteiger partial charge on any atom is 0.321 e. The van der Waals surface area contributed by atoms with Crippen LogP contribution in [0.1, 0.15) is 26.7 Å². The summed E-state index contributed by atoms with van der Waals surface area (Å²) < 4.78 is 10.4. The van der Waals surface area contributed by atoms with Gasteiger partial charge in [0, 0.05) is 37.1 Å². The molecule has 0 fully saturated rings. The second-order valence-electron chi connectivity index (χ2n) is 4.26. The molecule has 0 rings (SSSR count). The number of carbonyl (C=O) groups excluding carboxylic acids is 1. The minimum atomic E-state index is -1.46. The summed E-state index contributed by atoms with van der Waals surface area (Å²) >= 11 is 0. The monoisotopic (exact) mass is 249 g/mol. The molecule has 0 bridgehead atoms. The van der Waals surface area contributed by atoms with E-state index in [1.54, 1.807) is 14.1 Å². The molecule has 16 heavy (non-hydrogen) atoms. The Balaban J connectivity index is 4.10. The van der Waals surface area contributed by atoms with Crippen molar-refractivity contribution in [3.63, 3.8) is 0 Å². The summed E-state index contributed by atoms with van der Waals surface area (Å²) in [5, 5.41) is 8.84. The summed E-state index contributed by atoms with van der Waals surface area (Å²) in [6, 6.07) is 0. The average molecular weight is 249 g/mol. The molecular weight excluding hydrogens is 230 g/mol. The van der Waals surface area contributed by atoms with Crippen LogP contribution in [0, 0.1) is 0 Å². The van der Waals surface area contributed by atoms with Crippen molar-refractivity contribution in [2.75, 3.05) is 19.8 Å². The number of amides is 1. The molecule has 0 heterocycles. The Morgan fingerprint density at radius 2 is 1.81 bits per heavy atom. The lowest BCUT2D eigenvalue weighted by molar-refractivity contribution is -0.139. The molecule has 5 nitrogen and oxygen atoms in total. The Hall–Kier alpha value is -0.910. The van der Waals surface area contributed by atoms with Gasteiger partial charge in [-0.3, -0.25) is 13.8 Å². The van der Waals surface area contributed by atoms with E-state index in [4.69, 9.17) is 5.11 Å². The van der Waals surface area contributed by atoms with Crippen LogP contribution in [-0.2, 0) is 20.4 Å². The zero-order chi connectivity index (χ0) is 12.9. The highest BCUT2D eigenvalue weighted by Gasteiger charge is 2.33. The molecule has 0 saturated heterocycles. The Kier molecular flexibility index (Phi) is 5.64. The van der Waals surface area contributed by atoms with Gasteiger partial charge in [0.2, 0.25) is 5.91 Å². The van der Waals surface area contributed by atoms with Gasteiger partial charge in [-0.05, 0) is 20.3 Å². The molecule has 6 heteroatoms. The lowest BCUT2D eigenvalue weighted by Gasteiger charge is -2.18. The van der Waals surface area contributed by atoms with Crippen LogP contribution in [0.15, 0.2) is 0 Å². The Morgan fingerprint density at radius 3 is 2.19 bits per heavy atom. The molecule has 0 spiro atoms. The van der Waals surface area contributed by atoms with E-state index in [0.29, 0.717) is 12.8 Å². The first-order chi connectivity index (χ1) is 7.19. The average Bonchev–Trinajstić information content (AvgIpc) is 2.16. The van der Waals surface area contributed by atoms with Crippen molar-refractivity contribution >= 4 is 22.7 Å². The number of rotatable bonds is 6. The summed E-state index contributed by atoms with van der Waals surface area (Å²) in [6.07, 6.45) is 0.745. The number of aliphatic carboxylic acids is 1. The molecule has 1 unspecified atom stereocenters. The minimum absolute atomic E-state index is 0.0369. The van der Waals surface area contributed by atoms with Crippen LogP contribution >= 0.6 is 0 Å². The molecule has 1 atom stereocenters. The third-order valence-electron chi connectivity index (χ3n) is 2.30. The molecule has 1 N–H and O–H groups in total. The van der Waals surface area contributed by atoms with Crippen molar-refractivity contribution in [1.29, 1.82) is 0 Å². The summed E-state index contributed by atoms with van der Waals surface area (Å²) in [7, 11) is 1.85. The minimum Gasteiger partial charge on any atom is -0.480 e. The maximum atomic E-state index is 11.7. The van der Waals surface area contributed by atoms with Crippen LogP contribution < -0.4 is 0 Å². The van der Waals surface area contributed by atoms with Crippen LogP contribution in [0.25, 0.3) is 0 Å². The zero-order valence-corrected chi connectivity index (χ0v) is 11.0. The van der Waals surface area contributed by atoms with Crippen LogP contribution in [0.3, 0.4) is 0 Å². The molecule has 0 aliphatic rings. The number of hydrogen-bond donors (Lipinski definition) is 1. The third-order valence-corrected chi connectivity index (χ3v) is 4.28. The second kappa shape index (κ2) is 5.98. The molecule has 0 aromatic carbocycles. The Morgan fingerprint density at radius 1 is 1.31 bits per heavy atom. The molecule has 0 aliphatic heterocycles. The van der Waals surface area contributed by atoms with E-state index in [0.717, 1.165) is 0 Å². The van der Waals surface area contributed by atoms with Crippen LogP contribution in [0.2, 0.25) is 0 Å². The van der Waals surface area contributed by atoms with E-state index < -0.39 is 21.5 Å². The highest BCUT2D eigenvalue weighted by atomic mass is 32.2. The first-order valence-electron chi connectivity index (χ1n) is 5.01. The van der Waals surface area contributed by atoms with Gasteiger partial charge >= 0.3 is 5.97 Å². The molecule has 1 amide bonds.